The number of non-ortho nitro benzene ring substituents is 1. The predicted octanol–water partition coefficient (Wildman–Crippen LogP) is 4.95. The molecular formula is C23H15Cl2N3O5. The molecular weight excluding hydrogens is 469 g/mol. The van der Waals surface area contributed by atoms with Gasteiger partial charge >= 0.3 is 0 Å². The second-order valence-corrected chi connectivity index (χ2v) is 8.46. The third kappa shape index (κ3) is 3.52. The number of rotatable bonds is 4. The number of halogens is 2. The lowest BCUT2D eigenvalue weighted by atomic mass is 9.90. The zero-order valence-electron chi connectivity index (χ0n) is 16.8. The summed E-state index contributed by atoms with van der Waals surface area (Å²) in [5.74, 6) is -1.98. The van der Waals surface area contributed by atoms with Gasteiger partial charge in [0.05, 0.1) is 27.4 Å². The van der Waals surface area contributed by atoms with Gasteiger partial charge in [0.1, 0.15) is 5.92 Å². The maximum atomic E-state index is 13.6. The molecule has 0 radical (unpaired) electrons. The first-order valence-electron chi connectivity index (χ1n) is 9.95. The fraction of sp³-hybridized carbons (Fsp3) is 0.130. The van der Waals surface area contributed by atoms with Gasteiger partial charge in [-0.05, 0) is 42.0 Å². The Morgan fingerprint density at radius 3 is 2.33 bits per heavy atom. The third-order valence-corrected chi connectivity index (χ3v) is 6.28. The molecule has 0 bridgehead atoms. The minimum Gasteiger partial charge on any atom is -0.273 e. The number of nitrogens with zero attached hydrogens (tertiary/aromatic N) is 3. The summed E-state index contributed by atoms with van der Waals surface area (Å²) in [6.45, 7) is 0. The van der Waals surface area contributed by atoms with Crippen LogP contribution >= 0.6 is 23.2 Å². The zero-order valence-corrected chi connectivity index (χ0v) is 18.3. The molecule has 0 N–H and O–H groups in total. The third-order valence-electron chi connectivity index (χ3n) is 5.71. The van der Waals surface area contributed by atoms with Crippen molar-refractivity contribution in [1.29, 1.82) is 0 Å². The Morgan fingerprint density at radius 1 is 0.909 bits per heavy atom. The molecule has 166 valence electrons. The van der Waals surface area contributed by atoms with Crippen LogP contribution < -0.4 is 9.96 Å². The number of nitro groups is 1. The molecule has 2 amide bonds. The van der Waals surface area contributed by atoms with Crippen LogP contribution in [-0.4, -0.2) is 22.8 Å². The first-order valence-corrected chi connectivity index (χ1v) is 10.7. The largest absolute Gasteiger partial charge is 0.273 e. The van der Waals surface area contributed by atoms with Gasteiger partial charge in [0.25, 0.3) is 11.6 Å². The lowest BCUT2D eigenvalue weighted by Gasteiger charge is -2.28. The van der Waals surface area contributed by atoms with E-state index in [0.29, 0.717) is 16.3 Å². The average Bonchev–Trinajstić information content (AvgIpc) is 3.31. The quantitative estimate of drug-likeness (QED) is 0.296. The van der Waals surface area contributed by atoms with E-state index in [9.17, 15) is 19.7 Å². The number of hydrogen-bond donors (Lipinski definition) is 0. The first-order chi connectivity index (χ1) is 15.9. The van der Waals surface area contributed by atoms with Gasteiger partial charge in [-0.3, -0.25) is 24.5 Å². The molecule has 2 fully saturated rings. The number of hydroxylamine groups is 1. The monoisotopic (exact) mass is 483 g/mol. The van der Waals surface area contributed by atoms with Crippen LogP contribution in [-0.2, 0) is 14.4 Å². The Bertz CT molecular complexity index is 1280. The summed E-state index contributed by atoms with van der Waals surface area (Å²) >= 11 is 12.3. The lowest BCUT2D eigenvalue weighted by molar-refractivity contribution is -0.384. The predicted molar refractivity (Wildman–Crippen MR) is 122 cm³/mol. The molecule has 3 aromatic rings. The number of benzene rings is 3. The van der Waals surface area contributed by atoms with E-state index in [1.807, 2.05) is 0 Å². The molecule has 2 saturated heterocycles. The second-order valence-electron chi connectivity index (χ2n) is 7.61. The Balaban J connectivity index is 1.62. The summed E-state index contributed by atoms with van der Waals surface area (Å²) in [4.78, 5) is 44.8. The fourth-order valence-corrected chi connectivity index (χ4v) is 4.60. The Labute approximate surface area is 198 Å². The van der Waals surface area contributed by atoms with Gasteiger partial charge in [-0.25, -0.2) is 9.96 Å². The van der Waals surface area contributed by atoms with Gasteiger partial charge in [0.15, 0.2) is 6.10 Å². The summed E-state index contributed by atoms with van der Waals surface area (Å²) in [7, 11) is 0. The second kappa shape index (κ2) is 8.15. The molecule has 3 aromatic carbocycles. The van der Waals surface area contributed by atoms with Crippen molar-refractivity contribution in [2.75, 3.05) is 9.96 Å². The number of nitro benzene ring substituents is 1. The normalized spacial score (nSPS) is 22.1. The van der Waals surface area contributed by atoms with E-state index in [1.54, 1.807) is 54.6 Å². The molecule has 5 rings (SSSR count). The molecule has 3 atom stereocenters. The van der Waals surface area contributed by atoms with Crippen LogP contribution in [0.15, 0.2) is 72.8 Å². The highest BCUT2D eigenvalue weighted by Gasteiger charge is 2.60. The summed E-state index contributed by atoms with van der Waals surface area (Å²) < 4.78 is 0. The van der Waals surface area contributed by atoms with Gasteiger partial charge in [0.2, 0.25) is 5.91 Å². The molecule has 2 heterocycles. The molecule has 0 saturated carbocycles. The number of hydrogen-bond acceptors (Lipinski definition) is 6. The van der Waals surface area contributed by atoms with Gasteiger partial charge in [0, 0.05) is 17.2 Å². The average molecular weight is 484 g/mol. The van der Waals surface area contributed by atoms with Crippen molar-refractivity contribution in [2.45, 2.75) is 12.1 Å². The summed E-state index contributed by atoms with van der Waals surface area (Å²) in [5, 5.41) is 13.6. The van der Waals surface area contributed by atoms with Crippen LogP contribution in [0.25, 0.3) is 0 Å². The van der Waals surface area contributed by atoms with Crippen molar-refractivity contribution in [3.05, 3.63) is 98.5 Å². The van der Waals surface area contributed by atoms with Gasteiger partial charge in [-0.15, -0.1) is 0 Å². The van der Waals surface area contributed by atoms with E-state index in [-0.39, 0.29) is 16.4 Å². The molecule has 0 aromatic heterocycles. The van der Waals surface area contributed by atoms with Gasteiger partial charge in [-0.1, -0.05) is 47.5 Å². The van der Waals surface area contributed by atoms with Gasteiger partial charge < -0.3 is 0 Å². The van der Waals surface area contributed by atoms with Crippen molar-refractivity contribution in [3.8, 4) is 0 Å². The summed E-state index contributed by atoms with van der Waals surface area (Å²) in [6, 6.07) is 18.4. The number of amides is 2. The minimum absolute atomic E-state index is 0.133. The van der Waals surface area contributed by atoms with E-state index in [0.717, 1.165) is 4.90 Å². The number of carbonyl (C=O) groups excluding carboxylic acids is 2. The van der Waals surface area contributed by atoms with Crippen LogP contribution in [0, 0.1) is 16.0 Å². The topological polar surface area (TPSA) is 93.0 Å². The molecule has 2 aliphatic heterocycles. The molecule has 3 unspecified atom stereocenters. The van der Waals surface area contributed by atoms with E-state index >= 15 is 0 Å². The van der Waals surface area contributed by atoms with E-state index in [4.69, 9.17) is 28.0 Å². The van der Waals surface area contributed by atoms with Crippen molar-refractivity contribution in [1.82, 2.24) is 0 Å². The highest BCUT2D eigenvalue weighted by atomic mass is 35.5. The highest BCUT2D eigenvalue weighted by molar-refractivity contribution is 6.36. The lowest BCUT2D eigenvalue weighted by Crippen LogP contribution is -2.37. The van der Waals surface area contributed by atoms with Crippen LogP contribution in [0.3, 0.4) is 0 Å². The molecule has 2 aliphatic rings. The van der Waals surface area contributed by atoms with E-state index in [2.05, 4.69) is 0 Å². The van der Waals surface area contributed by atoms with Crippen LogP contribution in [0.1, 0.15) is 11.6 Å². The molecule has 33 heavy (non-hydrogen) atoms. The standard InChI is InChI=1S/C23H15Cl2N3O5/c24-14-8-10-15(11-9-14)27-20(13-4-3-5-16(12-13)28(31)32)19-21(33-27)23(30)26(22(19)29)18-7-2-1-6-17(18)25/h1-12,19-21H. The maximum absolute atomic E-state index is 13.6. The smallest absolute Gasteiger partial charge is 0.269 e. The summed E-state index contributed by atoms with van der Waals surface area (Å²) in [5.41, 5.74) is 1.15. The van der Waals surface area contributed by atoms with Crippen molar-refractivity contribution in [3.63, 3.8) is 0 Å². The number of para-hydroxylation sites is 1. The van der Waals surface area contributed by atoms with Crippen molar-refractivity contribution < 1.29 is 19.3 Å². The van der Waals surface area contributed by atoms with Crippen LogP contribution in [0.4, 0.5) is 17.1 Å². The number of imide groups is 1. The molecule has 0 aliphatic carbocycles. The van der Waals surface area contributed by atoms with E-state index < -0.39 is 34.8 Å². The van der Waals surface area contributed by atoms with Crippen molar-refractivity contribution >= 4 is 52.1 Å². The SMILES string of the molecule is O=C1C2ON(c3ccc(Cl)cc3)C(c3cccc([N+](=O)[O-])c3)C2C(=O)N1c1ccccc1Cl. The van der Waals surface area contributed by atoms with Crippen molar-refractivity contribution in [2.24, 2.45) is 5.92 Å². The minimum atomic E-state index is -1.12. The Hall–Kier alpha value is -3.46. The van der Waals surface area contributed by atoms with Crippen LogP contribution in [0.2, 0.25) is 10.0 Å². The Kier molecular flexibility index (Phi) is 5.28. The zero-order chi connectivity index (χ0) is 23.3. The number of carbonyl (C=O) groups is 2. The molecule has 10 heteroatoms. The maximum Gasteiger partial charge on any atom is 0.269 e. The van der Waals surface area contributed by atoms with Crippen LogP contribution in [0.5, 0.6) is 0 Å². The highest BCUT2D eigenvalue weighted by Crippen LogP contribution is 2.48. The molecule has 8 nitrogen and oxygen atoms in total. The Morgan fingerprint density at radius 2 is 1.64 bits per heavy atom. The first kappa shape index (κ1) is 21.4. The van der Waals surface area contributed by atoms with E-state index in [1.165, 1.54) is 23.3 Å². The van der Waals surface area contributed by atoms with Gasteiger partial charge in [-0.2, -0.15) is 0 Å². The number of fused-ring (bicyclic) bond motifs is 1. The molecule has 0 spiro atoms. The summed E-state index contributed by atoms with van der Waals surface area (Å²) in [6.07, 6.45) is -1.12. The number of anilines is 2. The fourth-order valence-electron chi connectivity index (χ4n) is 4.26.